The number of aromatic nitrogens is 2. The topological polar surface area (TPSA) is 106 Å². The second-order valence-electron chi connectivity index (χ2n) is 3.92. The first-order chi connectivity index (χ1) is 9.91. The Morgan fingerprint density at radius 1 is 1.32 bits per heavy atom. The summed E-state index contributed by atoms with van der Waals surface area (Å²) in [4.78, 5) is 4.26. The van der Waals surface area contributed by atoms with Gasteiger partial charge in [-0.15, -0.1) is 9.32 Å². The third-order valence-electron chi connectivity index (χ3n) is 2.41. The minimum Gasteiger partial charge on any atom is -0.744 e. The third kappa shape index (κ3) is 5.38. The molecule has 0 atom stereocenters. The largest absolute Gasteiger partial charge is 1.00 e. The standard InChI is InChI=1S/C11H13N3O5S2.K/c1-8-7-11(20-19-18-12-2)14(13-8)9-3-5-10(6-4-9)21(15,16)17;/h3-7,12H,1-2H3,(H,15,16,17);/q;+1/p-1. The van der Waals surface area contributed by atoms with Crippen molar-refractivity contribution in [1.29, 1.82) is 0 Å². The average molecular weight is 369 g/mol. The number of hydrogen-bond acceptors (Lipinski definition) is 8. The molecule has 0 unspecified atom stereocenters. The molecule has 2 aromatic rings. The van der Waals surface area contributed by atoms with Crippen molar-refractivity contribution in [1.82, 2.24) is 15.3 Å². The van der Waals surface area contributed by atoms with Crippen LogP contribution in [-0.2, 0) is 19.4 Å². The van der Waals surface area contributed by atoms with Crippen LogP contribution < -0.4 is 56.9 Å². The molecule has 1 N–H and O–H groups in total. The molecule has 0 aliphatic rings. The van der Waals surface area contributed by atoms with Gasteiger partial charge in [-0.05, 0) is 37.3 Å². The Hall–Kier alpha value is 0.206. The molecular formula is C11H12KN3O5S2. The number of aryl methyl sites for hydroxylation is 1. The van der Waals surface area contributed by atoms with E-state index < -0.39 is 10.1 Å². The summed E-state index contributed by atoms with van der Waals surface area (Å²) in [5.74, 6) is 0. The van der Waals surface area contributed by atoms with Crippen LogP contribution in [-0.4, -0.2) is 29.8 Å². The molecule has 0 saturated carbocycles. The van der Waals surface area contributed by atoms with E-state index in [0.717, 1.165) is 17.7 Å². The predicted octanol–water partition coefficient (Wildman–Crippen LogP) is -1.82. The minimum atomic E-state index is -4.46. The molecule has 0 bridgehead atoms. The normalized spacial score (nSPS) is 11.2. The maximum absolute atomic E-state index is 10.9. The number of rotatable bonds is 6. The van der Waals surface area contributed by atoms with Gasteiger partial charge in [0.1, 0.15) is 15.1 Å². The molecular weight excluding hydrogens is 357 g/mol. The fourth-order valence-electron chi connectivity index (χ4n) is 1.56. The first-order valence-electron chi connectivity index (χ1n) is 5.72. The molecule has 0 spiro atoms. The van der Waals surface area contributed by atoms with Crippen molar-refractivity contribution < 1.29 is 73.7 Å². The monoisotopic (exact) mass is 369 g/mol. The van der Waals surface area contributed by atoms with E-state index in [2.05, 4.69) is 15.6 Å². The SMILES string of the molecule is CNOOSc1cc(C)nn1-c1ccc(S(=O)(=O)[O-])cc1.[K+]. The van der Waals surface area contributed by atoms with Gasteiger partial charge in [0.15, 0.2) is 0 Å². The number of hydrogen-bond donors (Lipinski definition) is 1. The van der Waals surface area contributed by atoms with E-state index in [0.29, 0.717) is 10.7 Å². The van der Waals surface area contributed by atoms with E-state index in [1.807, 2.05) is 0 Å². The molecule has 1 heterocycles. The fourth-order valence-corrected chi connectivity index (χ4v) is 2.64. The van der Waals surface area contributed by atoms with Gasteiger partial charge in [-0.25, -0.2) is 13.1 Å². The van der Waals surface area contributed by atoms with Crippen LogP contribution in [0.25, 0.3) is 5.69 Å². The van der Waals surface area contributed by atoms with Crippen LogP contribution in [0.2, 0.25) is 0 Å². The molecule has 0 radical (unpaired) electrons. The van der Waals surface area contributed by atoms with Gasteiger partial charge in [-0.3, -0.25) is 0 Å². The van der Waals surface area contributed by atoms with E-state index in [-0.39, 0.29) is 56.3 Å². The Kier molecular flexibility index (Phi) is 8.18. The molecule has 8 nitrogen and oxygen atoms in total. The molecule has 0 saturated heterocycles. The number of nitrogens with zero attached hydrogens (tertiary/aromatic N) is 2. The zero-order valence-corrected chi connectivity index (χ0v) is 16.9. The summed E-state index contributed by atoms with van der Waals surface area (Å²) in [5.41, 5.74) is 3.68. The van der Waals surface area contributed by atoms with E-state index in [1.54, 1.807) is 24.7 Å². The van der Waals surface area contributed by atoms with Crippen LogP contribution in [0.4, 0.5) is 0 Å². The van der Waals surface area contributed by atoms with Crippen molar-refractivity contribution in [3.63, 3.8) is 0 Å². The van der Waals surface area contributed by atoms with Crippen molar-refractivity contribution in [3.05, 3.63) is 36.0 Å². The maximum Gasteiger partial charge on any atom is 1.00 e. The van der Waals surface area contributed by atoms with Crippen LogP contribution in [0.1, 0.15) is 5.69 Å². The van der Waals surface area contributed by atoms with Crippen LogP contribution in [0.15, 0.2) is 40.3 Å². The summed E-state index contributed by atoms with van der Waals surface area (Å²) < 4.78 is 39.1. The quantitative estimate of drug-likeness (QED) is 0.158. The molecule has 0 aliphatic carbocycles. The Morgan fingerprint density at radius 2 is 1.95 bits per heavy atom. The summed E-state index contributed by atoms with van der Waals surface area (Å²) in [6.07, 6.45) is 0. The number of nitrogens with one attached hydrogen (secondary N) is 1. The Morgan fingerprint density at radius 3 is 2.50 bits per heavy atom. The van der Waals surface area contributed by atoms with Crippen LogP contribution in [0, 0.1) is 6.92 Å². The molecule has 1 aromatic heterocycles. The smallest absolute Gasteiger partial charge is 0.744 e. The van der Waals surface area contributed by atoms with Crippen molar-refractivity contribution in [3.8, 4) is 5.69 Å². The van der Waals surface area contributed by atoms with Gasteiger partial charge < -0.3 is 4.55 Å². The molecule has 0 fully saturated rings. The Balaban J connectivity index is 0.00000242. The van der Waals surface area contributed by atoms with Gasteiger partial charge in [0.05, 0.1) is 28.3 Å². The Bertz CT molecular complexity index is 718. The molecule has 11 heteroatoms. The second kappa shape index (κ2) is 8.89. The summed E-state index contributed by atoms with van der Waals surface area (Å²) in [6, 6.07) is 7.20. The van der Waals surface area contributed by atoms with Crippen LogP contribution >= 0.6 is 12.0 Å². The summed E-state index contributed by atoms with van der Waals surface area (Å²) in [6.45, 7) is 1.80. The van der Waals surface area contributed by atoms with Gasteiger partial charge in [0, 0.05) is 7.05 Å². The first-order valence-corrected chi connectivity index (χ1v) is 7.87. The zero-order chi connectivity index (χ0) is 15.5. The summed E-state index contributed by atoms with van der Waals surface area (Å²) in [7, 11) is -2.92. The molecule has 22 heavy (non-hydrogen) atoms. The second-order valence-corrected chi connectivity index (χ2v) is 6.02. The molecule has 1 aromatic carbocycles. The van der Waals surface area contributed by atoms with Crippen molar-refractivity contribution in [2.24, 2.45) is 0 Å². The average Bonchev–Trinajstić information content (AvgIpc) is 2.79. The van der Waals surface area contributed by atoms with Gasteiger partial charge in [0.25, 0.3) is 0 Å². The van der Waals surface area contributed by atoms with Crippen molar-refractivity contribution >= 4 is 22.2 Å². The molecule has 0 amide bonds. The van der Waals surface area contributed by atoms with E-state index >= 15 is 0 Å². The van der Waals surface area contributed by atoms with E-state index in [1.165, 1.54) is 24.3 Å². The Labute approximate surface area is 174 Å². The van der Waals surface area contributed by atoms with Crippen LogP contribution in [0.3, 0.4) is 0 Å². The summed E-state index contributed by atoms with van der Waals surface area (Å²) >= 11 is 0.933. The number of benzene rings is 1. The first kappa shape index (κ1) is 20.3. The molecule has 114 valence electrons. The maximum atomic E-state index is 10.9. The minimum absolute atomic E-state index is 0. The third-order valence-corrected chi connectivity index (χ3v) is 3.85. The van der Waals surface area contributed by atoms with Crippen LogP contribution in [0.5, 0.6) is 0 Å². The van der Waals surface area contributed by atoms with E-state index in [9.17, 15) is 13.0 Å². The van der Waals surface area contributed by atoms with Crippen molar-refractivity contribution in [2.75, 3.05) is 7.05 Å². The predicted molar refractivity (Wildman–Crippen MR) is 73.4 cm³/mol. The summed E-state index contributed by atoms with van der Waals surface area (Å²) in [5, 5.41) is 4.89. The van der Waals surface area contributed by atoms with E-state index in [4.69, 9.17) is 4.33 Å². The van der Waals surface area contributed by atoms with Crippen molar-refractivity contribution in [2.45, 2.75) is 16.8 Å². The van der Waals surface area contributed by atoms with Gasteiger partial charge in [0.2, 0.25) is 0 Å². The van der Waals surface area contributed by atoms with Gasteiger partial charge in [-0.1, -0.05) is 0 Å². The van der Waals surface area contributed by atoms with Gasteiger partial charge >= 0.3 is 51.4 Å². The van der Waals surface area contributed by atoms with Gasteiger partial charge in [-0.2, -0.15) is 10.6 Å². The molecule has 2 rings (SSSR count). The number of hydroxylamine groups is 1. The fraction of sp³-hybridized carbons (Fsp3) is 0.182. The zero-order valence-electron chi connectivity index (χ0n) is 12.1. The molecule has 0 aliphatic heterocycles.